The number of nitrogens with one attached hydrogen (secondary N) is 1. The number of nitrogen functional groups attached to an aromatic ring is 1. The molecule has 0 fully saturated rings. The van der Waals surface area contributed by atoms with Crippen LogP contribution in [0.3, 0.4) is 0 Å². The fraction of sp³-hybridized carbons (Fsp3) is 0.296. The van der Waals surface area contributed by atoms with E-state index in [0.29, 0.717) is 51.4 Å². The van der Waals surface area contributed by atoms with Crippen LogP contribution in [0.25, 0.3) is 16.6 Å². The summed E-state index contributed by atoms with van der Waals surface area (Å²) in [4.78, 5) is 23.2. The van der Waals surface area contributed by atoms with Gasteiger partial charge in [-0.2, -0.15) is 5.10 Å². The molecule has 0 saturated heterocycles. The Bertz CT molecular complexity index is 1980. The van der Waals surface area contributed by atoms with Gasteiger partial charge >= 0.3 is 0 Å². The van der Waals surface area contributed by atoms with Gasteiger partial charge in [0, 0.05) is 58.4 Å². The zero-order valence-electron chi connectivity index (χ0n) is 23.1. The topological polar surface area (TPSA) is 158 Å². The van der Waals surface area contributed by atoms with Gasteiger partial charge in [-0.15, -0.1) is 5.10 Å². The highest BCUT2D eigenvalue weighted by Crippen LogP contribution is 2.20. The summed E-state index contributed by atoms with van der Waals surface area (Å²) in [6.07, 6.45) is 6.83. The molecule has 0 saturated carbocycles. The highest BCUT2D eigenvalue weighted by atomic mass is 32.2. The molecule has 1 unspecified atom stereocenters. The number of nitrogens with two attached hydrogens (primary N) is 1. The van der Waals surface area contributed by atoms with Crippen LogP contribution in [-0.2, 0) is 30.2 Å². The third-order valence-corrected chi connectivity index (χ3v) is 8.49. The summed E-state index contributed by atoms with van der Waals surface area (Å²) < 4.78 is 31.1. The fourth-order valence-corrected chi connectivity index (χ4v) is 5.19. The lowest BCUT2D eigenvalue weighted by atomic mass is 10.1. The van der Waals surface area contributed by atoms with Crippen LogP contribution in [0.5, 0.6) is 0 Å². The minimum atomic E-state index is -3.59. The van der Waals surface area contributed by atoms with Gasteiger partial charge in [-0.25, -0.2) is 27.2 Å². The zero-order chi connectivity index (χ0) is 29.3. The molecule has 5 aromatic rings. The number of rotatable bonds is 8. The normalized spacial score (nSPS) is 12.6. The van der Waals surface area contributed by atoms with Crippen molar-refractivity contribution in [2.45, 2.75) is 26.1 Å². The molecule has 4 aromatic heterocycles. The number of hydrogen-bond donors (Lipinski definition) is 2. The molecule has 13 nitrogen and oxygen atoms in total. The van der Waals surface area contributed by atoms with E-state index in [4.69, 9.17) is 10.7 Å². The summed E-state index contributed by atoms with van der Waals surface area (Å²) in [7, 11) is 1.13. The largest absolute Gasteiger partial charge is 0.382 e. The molecule has 1 aromatic carbocycles. The van der Waals surface area contributed by atoms with Gasteiger partial charge in [0.1, 0.15) is 5.82 Å². The van der Waals surface area contributed by atoms with Crippen molar-refractivity contribution in [3.05, 3.63) is 81.9 Å². The van der Waals surface area contributed by atoms with Crippen molar-refractivity contribution in [1.82, 2.24) is 43.6 Å². The monoisotopic (exact) mass is 574 g/mol. The molecule has 0 aliphatic carbocycles. The highest BCUT2D eigenvalue weighted by Gasteiger charge is 2.22. The number of benzene rings is 1. The van der Waals surface area contributed by atoms with Crippen molar-refractivity contribution >= 4 is 32.4 Å². The lowest BCUT2D eigenvalue weighted by molar-refractivity contribution is 0.492. The maximum Gasteiger partial charge on any atom is 0.262 e. The van der Waals surface area contributed by atoms with E-state index in [1.807, 2.05) is 6.92 Å². The Balaban J connectivity index is 1.56. The van der Waals surface area contributed by atoms with Crippen molar-refractivity contribution in [1.29, 1.82) is 0 Å². The van der Waals surface area contributed by atoms with Gasteiger partial charge < -0.3 is 11.1 Å². The summed E-state index contributed by atoms with van der Waals surface area (Å²) in [6, 6.07) is 6.58. The Morgan fingerprint density at radius 1 is 1.20 bits per heavy atom. The Morgan fingerprint density at radius 2 is 2.00 bits per heavy atom. The van der Waals surface area contributed by atoms with Crippen molar-refractivity contribution in [2.75, 3.05) is 25.6 Å². The Labute approximate surface area is 236 Å². The van der Waals surface area contributed by atoms with Crippen LogP contribution in [0.15, 0.2) is 53.8 Å². The average molecular weight is 575 g/mol. The first-order valence-electron chi connectivity index (χ1n) is 12.8. The van der Waals surface area contributed by atoms with Crippen molar-refractivity contribution in [3.8, 4) is 11.8 Å². The summed E-state index contributed by atoms with van der Waals surface area (Å²) in [5.74, 6) is 6.54. The number of anilines is 1. The first kappa shape index (κ1) is 28.0. The number of aromatic nitrogens is 7. The number of nitrogens with zero attached hydrogens (tertiary/aromatic N) is 8. The van der Waals surface area contributed by atoms with E-state index < -0.39 is 16.1 Å². The smallest absolute Gasteiger partial charge is 0.262 e. The standard InChI is InChI=1S/C27H30N10O3S/c1-18(30-16-21-24(28)33-37-12-6-11-29-26(21)37)25-32-22-8-5-7-20(10-9-19-15-31-35(4)17-19)23(22)27(38)36(25)13-14-41(39,40)34(2)3/h5-8,11-12,15,17-18,30H,13-14,16H2,1-4H3,(H2,28,33). The average Bonchev–Trinajstić information content (AvgIpc) is 3.50. The molecule has 4 heterocycles. The maximum atomic E-state index is 14.0. The van der Waals surface area contributed by atoms with Gasteiger partial charge in [-0.3, -0.25) is 14.0 Å². The SMILES string of the molecule is CC(NCc1c(N)nn2cccnc12)c1nc2cccc(C#Cc3cnn(C)c3)c2c(=O)n1CCS(=O)(=O)N(C)C. The molecule has 0 aliphatic heterocycles. The predicted octanol–water partition coefficient (Wildman–Crippen LogP) is 0.897. The van der Waals surface area contributed by atoms with Crippen LogP contribution < -0.4 is 16.6 Å². The van der Waals surface area contributed by atoms with Crippen LogP contribution in [0, 0.1) is 11.8 Å². The van der Waals surface area contributed by atoms with E-state index in [1.54, 1.807) is 65.3 Å². The van der Waals surface area contributed by atoms with Gasteiger partial charge in [0.15, 0.2) is 11.5 Å². The molecule has 0 bridgehead atoms. The molecule has 0 spiro atoms. The van der Waals surface area contributed by atoms with Crippen LogP contribution in [0.2, 0.25) is 0 Å². The molecular weight excluding hydrogens is 544 g/mol. The van der Waals surface area contributed by atoms with E-state index in [0.717, 1.165) is 4.31 Å². The molecule has 3 N–H and O–H groups in total. The third kappa shape index (κ3) is 5.68. The lowest BCUT2D eigenvalue weighted by Crippen LogP contribution is -2.35. The molecule has 212 valence electrons. The summed E-state index contributed by atoms with van der Waals surface area (Å²) in [6.45, 7) is 2.06. The molecule has 0 radical (unpaired) electrons. The molecule has 0 amide bonds. The molecule has 14 heteroatoms. The number of hydrogen-bond acceptors (Lipinski definition) is 9. The Kier molecular flexibility index (Phi) is 7.59. The predicted molar refractivity (Wildman–Crippen MR) is 155 cm³/mol. The van der Waals surface area contributed by atoms with Crippen molar-refractivity contribution < 1.29 is 8.42 Å². The summed E-state index contributed by atoms with van der Waals surface area (Å²) in [5, 5.41) is 12.1. The molecule has 5 rings (SSSR count). The van der Waals surface area contributed by atoms with Crippen LogP contribution in [0.1, 0.15) is 35.5 Å². The highest BCUT2D eigenvalue weighted by molar-refractivity contribution is 7.89. The van der Waals surface area contributed by atoms with E-state index in [1.165, 1.54) is 18.7 Å². The Morgan fingerprint density at radius 3 is 2.73 bits per heavy atom. The van der Waals surface area contributed by atoms with E-state index >= 15 is 0 Å². The quantitative estimate of drug-likeness (QED) is 0.257. The zero-order valence-corrected chi connectivity index (χ0v) is 23.9. The minimum Gasteiger partial charge on any atom is -0.382 e. The van der Waals surface area contributed by atoms with Gasteiger partial charge in [0.2, 0.25) is 10.0 Å². The number of fused-ring (bicyclic) bond motifs is 2. The van der Waals surface area contributed by atoms with E-state index in [9.17, 15) is 13.2 Å². The first-order valence-corrected chi connectivity index (χ1v) is 14.4. The molecule has 1 atom stereocenters. The second-order valence-corrected chi connectivity index (χ2v) is 12.0. The van der Waals surface area contributed by atoms with E-state index in [-0.39, 0.29) is 17.9 Å². The molecular formula is C27H30N10O3S. The molecule has 41 heavy (non-hydrogen) atoms. The van der Waals surface area contributed by atoms with Gasteiger partial charge in [-0.05, 0) is 25.1 Å². The first-order chi connectivity index (χ1) is 19.5. The van der Waals surface area contributed by atoms with Crippen molar-refractivity contribution in [2.24, 2.45) is 7.05 Å². The molecule has 0 aliphatic rings. The van der Waals surface area contributed by atoms with Gasteiger partial charge in [-0.1, -0.05) is 17.9 Å². The number of aryl methyl sites for hydroxylation is 1. The van der Waals surface area contributed by atoms with Crippen LogP contribution in [0.4, 0.5) is 5.82 Å². The fourth-order valence-electron chi connectivity index (χ4n) is 4.41. The second-order valence-electron chi connectivity index (χ2n) is 9.73. The maximum absolute atomic E-state index is 14.0. The third-order valence-electron chi connectivity index (χ3n) is 6.68. The van der Waals surface area contributed by atoms with Crippen LogP contribution in [-0.4, -0.2) is 66.5 Å². The Hall–Kier alpha value is -4.58. The number of sulfonamides is 1. The van der Waals surface area contributed by atoms with Crippen LogP contribution >= 0.6 is 0 Å². The second kappa shape index (κ2) is 11.1. The van der Waals surface area contributed by atoms with E-state index in [2.05, 4.69) is 32.3 Å². The van der Waals surface area contributed by atoms with Crippen molar-refractivity contribution in [3.63, 3.8) is 0 Å². The summed E-state index contributed by atoms with van der Waals surface area (Å²) >= 11 is 0. The van der Waals surface area contributed by atoms with Gasteiger partial charge in [0.05, 0.1) is 40.0 Å². The lowest BCUT2D eigenvalue weighted by Gasteiger charge is -2.20. The van der Waals surface area contributed by atoms with Gasteiger partial charge in [0.25, 0.3) is 5.56 Å². The summed E-state index contributed by atoms with van der Waals surface area (Å²) in [5.41, 5.74) is 8.74. The minimum absolute atomic E-state index is 0.0889.